The Labute approximate surface area is 157 Å². The summed E-state index contributed by atoms with van der Waals surface area (Å²) in [5.74, 6) is 0.246. The number of hydrogen-bond acceptors (Lipinski definition) is 4. The maximum Gasteiger partial charge on any atom is 0.225 e. The van der Waals surface area contributed by atoms with Crippen LogP contribution in [0.2, 0.25) is 0 Å². The number of rotatable bonds is 3. The van der Waals surface area contributed by atoms with E-state index in [1.807, 2.05) is 19.4 Å². The van der Waals surface area contributed by atoms with E-state index in [4.69, 9.17) is 4.74 Å². The number of benzene rings is 1. The van der Waals surface area contributed by atoms with Gasteiger partial charge < -0.3 is 15.4 Å². The molecule has 8 heteroatoms. The van der Waals surface area contributed by atoms with Crippen molar-refractivity contribution in [3.05, 3.63) is 47.5 Å². The average Bonchev–Trinajstić information content (AvgIpc) is 3.24. The number of carbonyl (C=O) groups is 1. The second kappa shape index (κ2) is 7.63. The van der Waals surface area contributed by atoms with Gasteiger partial charge >= 0.3 is 0 Å². The number of ether oxygens (including phenoxy) is 1. The maximum absolute atomic E-state index is 13.6. The van der Waals surface area contributed by atoms with Gasteiger partial charge in [0, 0.05) is 44.2 Å². The molecule has 1 unspecified atom stereocenters. The van der Waals surface area contributed by atoms with Crippen molar-refractivity contribution in [2.45, 2.75) is 18.4 Å². The zero-order chi connectivity index (χ0) is 17.4. The normalized spacial score (nSPS) is 24.3. The van der Waals surface area contributed by atoms with Gasteiger partial charge in [-0.1, -0.05) is 0 Å². The molecular formula is C18H22ClFN4O2. The Morgan fingerprint density at radius 1 is 1.42 bits per heavy atom. The molecule has 6 nitrogen and oxygen atoms in total. The molecule has 0 saturated carbocycles. The first-order chi connectivity index (χ1) is 12.1. The maximum atomic E-state index is 13.6. The van der Waals surface area contributed by atoms with Crippen LogP contribution in [0.3, 0.4) is 0 Å². The van der Waals surface area contributed by atoms with E-state index in [2.05, 4.69) is 15.7 Å². The molecule has 1 aromatic heterocycles. The molecule has 4 rings (SSSR count). The summed E-state index contributed by atoms with van der Waals surface area (Å²) >= 11 is 0. The van der Waals surface area contributed by atoms with Crippen molar-refractivity contribution in [3.8, 4) is 5.75 Å². The van der Waals surface area contributed by atoms with Crippen molar-refractivity contribution in [1.82, 2.24) is 20.4 Å². The first-order valence-electron chi connectivity index (χ1n) is 8.53. The Bertz CT molecular complexity index is 797. The summed E-state index contributed by atoms with van der Waals surface area (Å²) in [6.07, 6.45) is 4.41. The van der Waals surface area contributed by atoms with Crippen molar-refractivity contribution in [2.24, 2.45) is 13.0 Å². The van der Waals surface area contributed by atoms with Crippen molar-refractivity contribution >= 4 is 18.3 Å². The van der Waals surface area contributed by atoms with Gasteiger partial charge in [-0.2, -0.15) is 5.10 Å². The van der Waals surface area contributed by atoms with Crippen LogP contribution < -0.4 is 15.4 Å². The molecule has 0 radical (unpaired) electrons. The summed E-state index contributed by atoms with van der Waals surface area (Å²) in [7, 11) is 1.87. The lowest BCUT2D eigenvalue weighted by Gasteiger charge is -2.28. The number of nitrogens with zero attached hydrogens (tertiary/aromatic N) is 2. The fourth-order valence-corrected chi connectivity index (χ4v) is 3.73. The van der Waals surface area contributed by atoms with Gasteiger partial charge in [0.25, 0.3) is 0 Å². The van der Waals surface area contributed by atoms with E-state index < -0.39 is 0 Å². The smallest absolute Gasteiger partial charge is 0.225 e. The number of halogens is 2. The van der Waals surface area contributed by atoms with Crippen molar-refractivity contribution < 1.29 is 13.9 Å². The van der Waals surface area contributed by atoms with E-state index >= 15 is 0 Å². The summed E-state index contributed by atoms with van der Waals surface area (Å²) in [6, 6.07) is 4.23. The quantitative estimate of drug-likeness (QED) is 0.853. The van der Waals surface area contributed by atoms with E-state index in [-0.39, 0.29) is 42.0 Å². The number of fused-ring (bicyclic) bond motifs is 1. The van der Waals surface area contributed by atoms with E-state index in [9.17, 15) is 9.18 Å². The van der Waals surface area contributed by atoms with Crippen LogP contribution in [0, 0.1) is 11.7 Å². The topological polar surface area (TPSA) is 68.2 Å². The van der Waals surface area contributed by atoms with Crippen LogP contribution in [0.25, 0.3) is 0 Å². The zero-order valence-corrected chi connectivity index (χ0v) is 15.3. The molecule has 3 heterocycles. The summed E-state index contributed by atoms with van der Waals surface area (Å²) in [6.45, 7) is 1.89. The second-order valence-electron chi connectivity index (χ2n) is 6.70. The van der Waals surface area contributed by atoms with Gasteiger partial charge in [0.2, 0.25) is 5.91 Å². The number of aromatic nitrogens is 2. The van der Waals surface area contributed by atoms with Crippen LogP contribution in [0.1, 0.15) is 29.5 Å². The molecule has 0 bridgehead atoms. The van der Waals surface area contributed by atoms with Gasteiger partial charge in [0.05, 0.1) is 24.8 Å². The molecule has 140 valence electrons. The van der Waals surface area contributed by atoms with Gasteiger partial charge in [-0.3, -0.25) is 9.48 Å². The molecule has 3 atom stereocenters. The minimum Gasteiger partial charge on any atom is -0.493 e. The van der Waals surface area contributed by atoms with Gasteiger partial charge in [-0.15, -0.1) is 12.4 Å². The highest BCUT2D eigenvalue weighted by molar-refractivity contribution is 5.85. The van der Waals surface area contributed by atoms with Crippen molar-refractivity contribution in [1.29, 1.82) is 0 Å². The Morgan fingerprint density at radius 2 is 2.27 bits per heavy atom. The first kappa shape index (κ1) is 18.7. The summed E-state index contributed by atoms with van der Waals surface area (Å²) in [5.41, 5.74) is 1.77. The van der Waals surface area contributed by atoms with Crippen molar-refractivity contribution in [2.75, 3.05) is 19.7 Å². The molecule has 0 spiro atoms. The predicted molar refractivity (Wildman–Crippen MR) is 97.0 cm³/mol. The van der Waals surface area contributed by atoms with Crippen molar-refractivity contribution in [3.63, 3.8) is 0 Å². The van der Waals surface area contributed by atoms with Crippen LogP contribution in [-0.2, 0) is 11.8 Å². The third-order valence-corrected chi connectivity index (χ3v) is 5.03. The van der Waals surface area contributed by atoms with Crippen LogP contribution in [-0.4, -0.2) is 35.4 Å². The van der Waals surface area contributed by atoms with Crippen LogP contribution in [0.15, 0.2) is 30.6 Å². The number of aryl methyl sites for hydroxylation is 1. The average molecular weight is 381 g/mol. The van der Waals surface area contributed by atoms with E-state index in [0.29, 0.717) is 30.9 Å². The largest absolute Gasteiger partial charge is 0.493 e. The summed E-state index contributed by atoms with van der Waals surface area (Å²) < 4.78 is 20.9. The first-order valence-corrected chi connectivity index (χ1v) is 8.53. The summed E-state index contributed by atoms with van der Waals surface area (Å²) in [5, 5.41) is 10.6. The Kier molecular flexibility index (Phi) is 5.48. The van der Waals surface area contributed by atoms with Gasteiger partial charge in [-0.25, -0.2) is 4.39 Å². The Hall–Kier alpha value is -2.12. The number of nitrogens with one attached hydrogen (secondary N) is 2. The highest BCUT2D eigenvalue weighted by Gasteiger charge is 2.36. The molecule has 2 N–H and O–H groups in total. The van der Waals surface area contributed by atoms with E-state index in [1.165, 1.54) is 12.1 Å². The number of hydrogen-bond donors (Lipinski definition) is 2. The SMILES string of the molecule is Cl.Cn1cc([C@H]2CNC[C@@H]2C(=O)NC2CCOc3ccc(F)cc32)cn1. The lowest BCUT2D eigenvalue weighted by molar-refractivity contribution is -0.125. The summed E-state index contributed by atoms with van der Waals surface area (Å²) in [4.78, 5) is 12.9. The fourth-order valence-electron chi connectivity index (χ4n) is 3.73. The van der Waals surface area contributed by atoms with E-state index in [1.54, 1.807) is 10.7 Å². The minimum absolute atomic E-state index is 0. The third-order valence-electron chi connectivity index (χ3n) is 5.03. The molecule has 2 aliphatic rings. The highest BCUT2D eigenvalue weighted by Crippen LogP contribution is 2.34. The standard InChI is InChI=1S/C18H21FN4O2.ClH/c1-23-10-11(7-21-23)14-8-20-9-15(14)18(24)22-16-4-5-25-17-3-2-12(19)6-13(16)17;/h2-3,6-7,10,14-16,20H,4-5,8-9H2,1H3,(H,22,24);1H/t14-,15+,16?;/m1./s1. The van der Waals surface area contributed by atoms with Gasteiger partial charge in [0.1, 0.15) is 11.6 Å². The molecule has 0 aliphatic carbocycles. The zero-order valence-electron chi connectivity index (χ0n) is 14.4. The molecule has 1 fully saturated rings. The second-order valence-corrected chi connectivity index (χ2v) is 6.70. The molecule has 1 saturated heterocycles. The van der Waals surface area contributed by atoms with Crippen LogP contribution in [0.4, 0.5) is 4.39 Å². The highest BCUT2D eigenvalue weighted by atomic mass is 35.5. The number of carbonyl (C=O) groups excluding carboxylic acids is 1. The molecule has 1 amide bonds. The van der Waals surface area contributed by atoms with E-state index in [0.717, 1.165) is 12.1 Å². The molecule has 26 heavy (non-hydrogen) atoms. The lowest BCUT2D eigenvalue weighted by Crippen LogP contribution is -2.38. The van der Waals surface area contributed by atoms with Crippen LogP contribution in [0.5, 0.6) is 5.75 Å². The lowest BCUT2D eigenvalue weighted by atomic mass is 9.89. The number of amides is 1. The monoisotopic (exact) mass is 380 g/mol. The van der Waals surface area contributed by atoms with Gasteiger partial charge in [0.15, 0.2) is 0 Å². The molecular weight excluding hydrogens is 359 g/mol. The fraction of sp³-hybridized carbons (Fsp3) is 0.444. The Balaban J connectivity index is 0.00000196. The predicted octanol–water partition coefficient (Wildman–Crippen LogP) is 1.92. The van der Waals surface area contributed by atoms with Gasteiger partial charge in [-0.05, 0) is 23.8 Å². The van der Waals surface area contributed by atoms with Crippen LogP contribution >= 0.6 is 12.4 Å². The minimum atomic E-state index is -0.320. The molecule has 1 aromatic carbocycles. The molecule has 2 aliphatic heterocycles. The third kappa shape index (κ3) is 3.54. The Morgan fingerprint density at radius 3 is 3.04 bits per heavy atom. The molecule has 2 aromatic rings.